The van der Waals surface area contributed by atoms with Crippen LogP contribution in [0, 0.1) is 6.92 Å². The van der Waals surface area contributed by atoms with Crippen LogP contribution in [-0.2, 0) is 0 Å². The van der Waals surface area contributed by atoms with E-state index < -0.39 is 0 Å². The maximum absolute atomic E-state index is 12.6. The smallest absolute Gasteiger partial charge is 0.282 e. The fraction of sp³-hybridized carbons (Fsp3) is 0.0435. The monoisotopic (exact) mass is 353 g/mol. The van der Waals surface area contributed by atoms with E-state index in [-0.39, 0.29) is 5.63 Å². The molecule has 0 unspecified atom stereocenters. The summed E-state index contributed by atoms with van der Waals surface area (Å²) in [5.74, 6) is 0. The minimum atomic E-state index is -0.381. The molecule has 0 aliphatic heterocycles. The Labute approximate surface area is 155 Å². The van der Waals surface area contributed by atoms with Crippen LogP contribution in [0.1, 0.15) is 5.56 Å². The Morgan fingerprint density at radius 2 is 1.44 bits per heavy atom. The molecular formula is C23H17N2O2+. The van der Waals surface area contributed by atoms with Gasteiger partial charge < -0.3 is 0 Å². The fourth-order valence-corrected chi connectivity index (χ4v) is 3.74. The SMILES string of the molecule is Cc1ccc2c(c1)c(-c1ccccc1)c(-c1ccccc1)c1c(=O)o[nH][n+]12. The van der Waals surface area contributed by atoms with Gasteiger partial charge in [-0.3, -0.25) is 4.52 Å². The van der Waals surface area contributed by atoms with Gasteiger partial charge in [0.15, 0.2) is 0 Å². The van der Waals surface area contributed by atoms with Gasteiger partial charge in [0.25, 0.3) is 0 Å². The van der Waals surface area contributed by atoms with Gasteiger partial charge >= 0.3 is 11.1 Å². The molecule has 0 amide bonds. The molecule has 0 spiro atoms. The van der Waals surface area contributed by atoms with E-state index >= 15 is 0 Å². The predicted octanol–water partition coefficient (Wildman–Crippen LogP) is 4.50. The van der Waals surface area contributed by atoms with E-state index in [2.05, 4.69) is 30.4 Å². The molecule has 4 heteroatoms. The third kappa shape index (κ3) is 2.38. The highest BCUT2D eigenvalue weighted by atomic mass is 16.5. The normalized spacial score (nSPS) is 11.3. The zero-order valence-electron chi connectivity index (χ0n) is 14.8. The summed E-state index contributed by atoms with van der Waals surface area (Å²) in [6.07, 6.45) is 0. The van der Waals surface area contributed by atoms with E-state index in [1.54, 1.807) is 4.52 Å². The van der Waals surface area contributed by atoms with Crippen molar-refractivity contribution >= 4 is 16.4 Å². The fourth-order valence-electron chi connectivity index (χ4n) is 3.74. The Kier molecular flexibility index (Phi) is 3.44. The molecule has 0 aliphatic rings. The van der Waals surface area contributed by atoms with Crippen molar-refractivity contribution in [1.82, 2.24) is 5.27 Å². The number of H-pyrrole nitrogens is 1. The average molecular weight is 353 g/mol. The molecule has 0 saturated heterocycles. The summed E-state index contributed by atoms with van der Waals surface area (Å²) in [5, 5.41) is 3.83. The summed E-state index contributed by atoms with van der Waals surface area (Å²) in [7, 11) is 0. The molecule has 27 heavy (non-hydrogen) atoms. The molecule has 0 radical (unpaired) electrons. The van der Waals surface area contributed by atoms with Crippen LogP contribution in [0.25, 0.3) is 38.7 Å². The highest BCUT2D eigenvalue weighted by molar-refractivity contribution is 6.05. The molecule has 1 N–H and O–H groups in total. The van der Waals surface area contributed by atoms with Gasteiger partial charge in [0.2, 0.25) is 5.52 Å². The minimum Gasteiger partial charge on any atom is -0.282 e. The van der Waals surface area contributed by atoms with Crippen LogP contribution < -0.4 is 10.1 Å². The molecule has 4 nitrogen and oxygen atoms in total. The lowest BCUT2D eigenvalue weighted by Crippen LogP contribution is -2.27. The Morgan fingerprint density at radius 1 is 0.815 bits per heavy atom. The number of pyridine rings is 1. The largest absolute Gasteiger partial charge is 0.435 e. The number of nitrogens with zero attached hydrogens (tertiary/aromatic N) is 1. The molecule has 0 atom stereocenters. The molecule has 2 heterocycles. The van der Waals surface area contributed by atoms with Crippen LogP contribution in [0.2, 0.25) is 0 Å². The van der Waals surface area contributed by atoms with Crippen molar-refractivity contribution < 1.29 is 9.04 Å². The maximum Gasteiger partial charge on any atom is 0.435 e. The second-order valence-electron chi connectivity index (χ2n) is 6.67. The number of aromatic amines is 1. The first-order valence-electron chi connectivity index (χ1n) is 8.84. The number of aromatic nitrogens is 2. The topological polar surface area (TPSA) is 50.1 Å². The molecule has 3 aromatic carbocycles. The summed E-state index contributed by atoms with van der Waals surface area (Å²) in [5.41, 5.74) is 6.14. The lowest BCUT2D eigenvalue weighted by Gasteiger charge is -2.11. The summed E-state index contributed by atoms with van der Waals surface area (Å²) in [4.78, 5) is 12.6. The Bertz CT molecular complexity index is 1330. The molecule has 5 aromatic rings. The highest BCUT2D eigenvalue weighted by Gasteiger charge is 2.28. The van der Waals surface area contributed by atoms with Crippen LogP contribution in [0.4, 0.5) is 0 Å². The first-order valence-corrected chi connectivity index (χ1v) is 8.84. The van der Waals surface area contributed by atoms with Crippen LogP contribution in [0.3, 0.4) is 0 Å². The average Bonchev–Trinajstić information content (AvgIpc) is 3.09. The van der Waals surface area contributed by atoms with Crippen molar-refractivity contribution in [1.29, 1.82) is 0 Å². The molecule has 0 saturated carbocycles. The van der Waals surface area contributed by atoms with Gasteiger partial charge in [-0.1, -0.05) is 72.3 Å². The third-order valence-corrected chi connectivity index (χ3v) is 4.92. The molecule has 130 valence electrons. The van der Waals surface area contributed by atoms with E-state index in [1.807, 2.05) is 60.7 Å². The molecule has 5 rings (SSSR count). The quantitative estimate of drug-likeness (QED) is 0.475. The van der Waals surface area contributed by atoms with Crippen molar-refractivity contribution in [2.24, 2.45) is 0 Å². The van der Waals surface area contributed by atoms with E-state index in [0.29, 0.717) is 5.52 Å². The summed E-state index contributed by atoms with van der Waals surface area (Å²) in [6.45, 7) is 2.07. The highest BCUT2D eigenvalue weighted by Crippen LogP contribution is 2.38. The maximum atomic E-state index is 12.6. The van der Waals surface area contributed by atoms with E-state index in [0.717, 1.165) is 38.7 Å². The lowest BCUT2D eigenvalue weighted by atomic mass is 9.90. The van der Waals surface area contributed by atoms with Crippen molar-refractivity contribution in [2.45, 2.75) is 6.92 Å². The first kappa shape index (κ1) is 15.6. The number of aryl methyl sites for hydroxylation is 1. The van der Waals surface area contributed by atoms with Gasteiger partial charge in [-0.2, -0.15) is 0 Å². The Morgan fingerprint density at radius 3 is 2.11 bits per heavy atom. The number of hydrogen-bond acceptors (Lipinski definition) is 2. The molecule has 2 aromatic heterocycles. The molecule has 0 aliphatic carbocycles. The van der Waals surface area contributed by atoms with Crippen molar-refractivity contribution in [3.8, 4) is 22.3 Å². The number of rotatable bonds is 2. The van der Waals surface area contributed by atoms with E-state index in [4.69, 9.17) is 4.52 Å². The van der Waals surface area contributed by atoms with E-state index in [1.165, 1.54) is 0 Å². The van der Waals surface area contributed by atoms with Crippen LogP contribution >= 0.6 is 0 Å². The first-order chi connectivity index (χ1) is 13.2. The minimum absolute atomic E-state index is 0.381. The molecular weight excluding hydrogens is 336 g/mol. The van der Waals surface area contributed by atoms with Gasteiger partial charge in [-0.15, -0.1) is 0 Å². The van der Waals surface area contributed by atoms with Crippen LogP contribution in [-0.4, -0.2) is 5.27 Å². The Hall–Kier alpha value is -3.66. The second kappa shape index (κ2) is 5.95. The molecule has 0 fully saturated rings. The van der Waals surface area contributed by atoms with Crippen LogP contribution in [0.15, 0.2) is 88.2 Å². The summed E-state index contributed by atoms with van der Waals surface area (Å²) >= 11 is 0. The number of nitrogens with one attached hydrogen (secondary N) is 1. The zero-order valence-corrected chi connectivity index (χ0v) is 14.8. The number of fused-ring (bicyclic) bond motifs is 3. The van der Waals surface area contributed by atoms with E-state index in [9.17, 15) is 4.79 Å². The van der Waals surface area contributed by atoms with Gasteiger partial charge in [-0.25, -0.2) is 4.79 Å². The van der Waals surface area contributed by atoms with Crippen molar-refractivity contribution in [3.05, 3.63) is 94.8 Å². The Balaban J connectivity index is 2.10. The zero-order chi connectivity index (χ0) is 18.4. The van der Waals surface area contributed by atoms with Gasteiger partial charge in [0.05, 0.1) is 10.9 Å². The standard InChI is InChI=1S/C23H16N2O2/c1-15-12-13-19-18(14-15)20(16-8-4-2-5-9-16)21(17-10-6-3-7-11-17)22-23(26)27-24-25(19)22/h2-14H,1H3/p+1. The van der Waals surface area contributed by atoms with Gasteiger partial charge in [0.1, 0.15) is 0 Å². The number of benzene rings is 3. The molecule has 0 bridgehead atoms. The second-order valence-corrected chi connectivity index (χ2v) is 6.67. The summed E-state index contributed by atoms with van der Waals surface area (Å²) in [6, 6.07) is 26.4. The third-order valence-electron chi connectivity index (χ3n) is 4.92. The van der Waals surface area contributed by atoms with Gasteiger partial charge in [-0.05, 0) is 33.9 Å². The van der Waals surface area contributed by atoms with Gasteiger partial charge in [0, 0.05) is 11.6 Å². The van der Waals surface area contributed by atoms with Crippen molar-refractivity contribution in [2.75, 3.05) is 0 Å². The van der Waals surface area contributed by atoms with Crippen molar-refractivity contribution in [3.63, 3.8) is 0 Å². The lowest BCUT2D eigenvalue weighted by molar-refractivity contribution is -0.567. The number of hydrogen-bond donors (Lipinski definition) is 1. The predicted molar refractivity (Wildman–Crippen MR) is 106 cm³/mol. The summed E-state index contributed by atoms with van der Waals surface area (Å²) < 4.78 is 6.93. The van der Waals surface area contributed by atoms with Crippen LogP contribution in [0.5, 0.6) is 0 Å².